The van der Waals surface area contributed by atoms with Crippen molar-refractivity contribution < 1.29 is 8.78 Å². The van der Waals surface area contributed by atoms with Crippen LogP contribution in [0.2, 0.25) is 0 Å². The molecule has 34 heavy (non-hydrogen) atoms. The number of aryl methyl sites for hydroxylation is 1. The summed E-state index contributed by atoms with van der Waals surface area (Å²) >= 11 is 0. The summed E-state index contributed by atoms with van der Waals surface area (Å²) in [6.07, 6.45) is 5.39. The Balaban J connectivity index is 1.83. The fourth-order valence-electron chi connectivity index (χ4n) is 4.03. The molecule has 0 unspecified atom stereocenters. The number of pyridine rings is 1. The Kier molecular flexibility index (Phi) is 6.58. The van der Waals surface area contributed by atoms with Gasteiger partial charge in [0.2, 0.25) is 0 Å². The van der Waals surface area contributed by atoms with Crippen molar-refractivity contribution in [2.24, 2.45) is 0 Å². The molecule has 174 valence electrons. The highest BCUT2D eigenvalue weighted by molar-refractivity contribution is 5.61. The van der Waals surface area contributed by atoms with Gasteiger partial charge >= 0.3 is 0 Å². The number of nitrogens with zero attached hydrogens (tertiary/aromatic N) is 6. The lowest BCUT2D eigenvalue weighted by molar-refractivity contribution is 0.500. The van der Waals surface area contributed by atoms with E-state index in [1.807, 2.05) is 18.2 Å². The lowest BCUT2D eigenvalue weighted by atomic mass is 9.77. The van der Waals surface area contributed by atoms with Crippen LogP contribution in [0.5, 0.6) is 0 Å². The van der Waals surface area contributed by atoms with Crippen LogP contribution in [-0.4, -0.2) is 29.9 Å². The van der Waals surface area contributed by atoms with Crippen molar-refractivity contribution >= 4 is 6.08 Å². The van der Waals surface area contributed by atoms with E-state index < -0.39 is 17.0 Å². The van der Waals surface area contributed by atoms with Gasteiger partial charge in [-0.3, -0.25) is 0 Å². The second-order valence-corrected chi connectivity index (χ2v) is 8.27. The predicted molar refractivity (Wildman–Crippen MR) is 127 cm³/mol. The molecule has 0 aliphatic heterocycles. The topological polar surface area (TPSA) is 69.4 Å². The van der Waals surface area contributed by atoms with Crippen LogP contribution in [0.4, 0.5) is 8.78 Å². The molecule has 0 fully saturated rings. The van der Waals surface area contributed by atoms with Crippen LogP contribution in [0.1, 0.15) is 56.4 Å². The molecular formula is C26H26F2N6. The maximum atomic E-state index is 14.4. The summed E-state index contributed by atoms with van der Waals surface area (Å²) < 4.78 is 30.4. The summed E-state index contributed by atoms with van der Waals surface area (Å²) in [7, 11) is 0. The average molecular weight is 461 g/mol. The second kappa shape index (κ2) is 9.59. The Hall–Kier alpha value is -3.81. The number of aromatic nitrogens is 6. The molecule has 3 heterocycles. The zero-order valence-electron chi connectivity index (χ0n) is 19.5. The van der Waals surface area contributed by atoms with Crippen LogP contribution in [0.15, 0.2) is 55.4 Å². The first kappa shape index (κ1) is 23.4. The van der Waals surface area contributed by atoms with E-state index in [1.165, 1.54) is 18.2 Å². The minimum absolute atomic E-state index is 0.165. The molecule has 0 bridgehead atoms. The molecule has 0 aliphatic carbocycles. The Morgan fingerprint density at radius 3 is 2.44 bits per heavy atom. The van der Waals surface area contributed by atoms with Gasteiger partial charge in [0.1, 0.15) is 18.0 Å². The summed E-state index contributed by atoms with van der Waals surface area (Å²) in [6, 6.07) is 11.2. The maximum absolute atomic E-state index is 14.4. The fraction of sp³-hybridized carbons (Fsp3) is 0.269. The van der Waals surface area contributed by atoms with E-state index in [0.29, 0.717) is 24.5 Å². The third-order valence-electron chi connectivity index (χ3n) is 6.07. The molecule has 1 atom stereocenters. The first-order valence-electron chi connectivity index (χ1n) is 11.2. The Bertz CT molecular complexity index is 1310. The van der Waals surface area contributed by atoms with E-state index in [9.17, 15) is 8.78 Å². The van der Waals surface area contributed by atoms with Crippen LogP contribution in [0, 0.1) is 11.6 Å². The van der Waals surface area contributed by atoms with Crippen LogP contribution < -0.4 is 0 Å². The van der Waals surface area contributed by atoms with Gasteiger partial charge in [-0.25, -0.2) is 23.4 Å². The molecule has 3 aromatic heterocycles. The first-order chi connectivity index (χ1) is 16.4. The van der Waals surface area contributed by atoms with Crippen molar-refractivity contribution in [3.63, 3.8) is 0 Å². The fourth-order valence-corrected chi connectivity index (χ4v) is 4.03. The van der Waals surface area contributed by atoms with Crippen LogP contribution >= 0.6 is 0 Å². The van der Waals surface area contributed by atoms with Gasteiger partial charge in [-0.05, 0) is 61.7 Å². The molecule has 4 rings (SSSR count). The minimum Gasteiger partial charge on any atom is -0.233 e. The van der Waals surface area contributed by atoms with Gasteiger partial charge in [0.15, 0.2) is 11.6 Å². The third kappa shape index (κ3) is 4.23. The van der Waals surface area contributed by atoms with E-state index in [4.69, 9.17) is 4.98 Å². The van der Waals surface area contributed by atoms with E-state index in [2.05, 4.69) is 47.6 Å². The lowest BCUT2D eigenvalue weighted by Crippen LogP contribution is -2.28. The number of rotatable bonds is 8. The standard InChI is InChI=1S/C26H26F2N6/c1-5-10-17-15-20(24-18(27)11-8-12-19(24)28)31-32-25(17)26(4,7-3)21-13-9-14-23(30-21)34-16-29-22(6-2)33-34/h6,8-9,11-16H,2,5,7,10H2,1,3-4H3/t26-/m0/s1. The highest BCUT2D eigenvalue weighted by Gasteiger charge is 2.34. The molecule has 1 aromatic carbocycles. The minimum atomic E-state index is -0.663. The number of hydrogen-bond donors (Lipinski definition) is 0. The largest absolute Gasteiger partial charge is 0.233 e. The monoisotopic (exact) mass is 460 g/mol. The Labute approximate surface area is 197 Å². The van der Waals surface area contributed by atoms with Gasteiger partial charge in [0.05, 0.1) is 28.1 Å². The van der Waals surface area contributed by atoms with Crippen molar-refractivity contribution in [3.8, 4) is 17.1 Å². The van der Waals surface area contributed by atoms with Crippen molar-refractivity contribution in [2.75, 3.05) is 0 Å². The summed E-state index contributed by atoms with van der Waals surface area (Å²) in [6.45, 7) is 9.86. The first-order valence-corrected chi connectivity index (χ1v) is 11.2. The molecular weight excluding hydrogens is 434 g/mol. The van der Waals surface area contributed by atoms with Gasteiger partial charge in [0.25, 0.3) is 0 Å². The third-order valence-corrected chi connectivity index (χ3v) is 6.07. The van der Waals surface area contributed by atoms with E-state index >= 15 is 0 Å². The molecule has 0 amide bonds. The van der Waals surface area contributed by atoms with E-state index in [-0.39, 0.29) is 11.3 Å². The molecule has 0 N–H and O–H groups in total. The number of halogens is 2. The van der Waals surface area contributed by atoms with Gasteiger partial charge in [-0.15, -0.1) is 10.2 Å². The summed E-state index contributed by atoms with van der Waals surface area (Å²) in [5.74, 6) is -0.196. The zero-order chi connectivity index (χ0) is 24.3. The molecule has 4 aromatic rings. The SMILES string of the molecule is C=Cc1ncn(-c2cccc([C@](C)(CC)c3nnc(-c4c(F)cccc4F)cc3CCC)n2)n1. The van der Waals surface area contributed by atoms with Crippen LogP contribution in [-0.2, 0) is 11.8 Å². The lowest BCUT2D eigenvalue weighted by Gasteiger charge is -2.29. The van der Waals surface area contributed by atoms with Crippen molar-refractivity contribution in [2.45, 2.75) is 45.4 Å². The smallest absolute Gasteiger partial charge is 0.173 e. The maximum Gasteiger partial charge on any atom is 0.173 e. The second-order valence-electron chi connectivity index (χ2n) is 8.27. The molecule has 0 spiro atoms. The molecule has 8 heteroatoms. The number of hydrogen-bond acceptors (Lipinski definition) is 5. The molecule has 0 saturated heterocycles. The van der Waals surface area contributed by atoms with E-state index in [1.54, 1.807) is 23.2 Å². The quantitative estimate of drug-likeness (QED) is 0.337. The highest BCUT2D eigenvalue weighted by Crippen LogP contribution is 2.37. The molecule has 0 aliphatic rings. The predicted octanol–water partition coefficient (Wildman–Crippen LogP) is 5.71. The van der Waals surface area contributed by atoms with Crippen molar-refractivity contribution in [1.29, 1.82) is 0 Å². The molecule has 0 radical (unpaired) electrons. The molecule has 0 saturated carbocycles. The van der Waals surface area contributed by atoms with Crippen LogP contribution in [0.25, 0.3) is 23.2 Å². The zero-order valence-corrected chi connectivity index (χ0v) is 19.5. The summed E-state index contributed by atoms with van der Waals surface area (Å²) in [4.78, 5) is 9.04. The normalized spacial score (nSPS) is 13.0. The summed E-state index contributed by atoms with van der Waals surface area (Å²) in [5.41, 5.74) is 1.86. The summed E-state index contributed by atoms with van der Waals surface area (Å²) in [5, 5.41) is 13.1. The Morgan fingerprint density at radius 2 is 1.79 bits per heavy atom. The van der Waals surface area contributed by atoms with Gasteiger partial charge in [-0.2, -0.15) is 5.10 Å². The van der Waals surface area contributed by atoms with Crippen LogP contribution in [0.3, 0.4) is 0 Å². The van der Waals surface area contributed by atoms with Gasteiger partial charge in [0, 0.05) is 0 Å². The van der Waals surface area contributed by atoms with Crippen molar-refractivity contribution in [1.82, 2.24) is 29.9 Å². The average Bonchev–Trinajstić information content (AvgIpc) is 3.33. The van der Waals surface area contributed by atoms with Crippen molar-refractivity contribution in [3.05, 3.63) is 89.8 Å². The van der Waals surface area contributed by atoms with E-state index in [0.717, 1.165) is 23.4 Å². The molecule has 6 nitrogen and oxygen atoms in total. The highest BCUT2D eigenvalue weighted by atomic mass is 19.1. The number of benzene rings is 1. The van der Waals surface area contributed by atoms with Gasteiger partial charge < -0.3 is 0 Å². The van der Waals surface area contributed by atoms with Gasteiger partial charge in [-0.1, -0.05) is 39.0 Å². The Morgan fingerprint density at radius 1 is 1.06 bits per heavy atom.